The summed E-state index contributed by atoms with van der Waals surface area (Å²) < 4.78 is 0. The summed E-state index contributed by atoms with van der Waals surface area (Å²) in [6.45, 7) is 21.7. The van der Waals surface area contributed by atoms with E-state index in [0.29, 0.717) is 0 Å². The fourth-order valence-corrected chi connectivity index (χ4v) is 6.10. The summed E-state index contributed by atoms with van der Waals surface area (Å²) in [7, 11) is 11.0. The van der Waals surface area contributed by atoms with Crippen molar-refractivity contribution in [2.45, 2.75) is 74.9 Å². The maximum atomic E-state index is 4.93. The summed E-state index contributed by atoms with van der Waals surface area (Å²) in [5.41, 5.74) is 16.1. The predicted molar refractivity (Wildman–Crippen MR) is 202 cm³/mol. The third-order valence-electron chi connectivity index (χ3n) is 7.61. The van der Waals surface area contributed by atoms with Gasteiger partial charge in [0.25, 0.3) is 0 Å². The van der Waals surface area contributed by atoms with E-state index in [0.717, 1.165) is 15.9 Å². The van der Waals surface area contributed by atoms with Gasteiger partial charge in [0.2, 0.25) is 0 Å². The summed E-state index contributed by atoms with van der Waals surface area (Å²) in [5, 5.41) is 5.48. The molecule has 0 unspecified atom stereocenters. The first-order valence-corrected chi connectivity index (χ1v) is 23.9. The molecule has 4 heteroatoms. The molecule has 0 N–H and O–H groups in total. The second-order valence-corrected chi connectivity index (χ2v) is 16.9. The molecular formula is C41H46Cl2SiZr. The summed E-state index contributed by atoms with van der Waals surface area (Å²) in [6.07, 6.45) is 1.10. The molecule has 6 aromatic carbocycles. The molecule has 0 aromatic heterocycles. The number of rotatable bonds is 3. The molecule has 6 rings (SSSR count). The summed E-state index contributed by atoms with van der Waals surface area (Å²) in [6, 6.07) is 32.0. The summed E-state index contributed by atoms with van der Waals surface area (Å²) in [5.74, 6) is 0. The molecule has 0 nitrogen and oxygen atoms in total. The van der Waals surface area contributed by atoms with Crippen LogP contribution in [0.15, 0.2) is 84.9 Å². The van der Waals surface area contributed by atoms with Crippen molar-refractivity contribution in [2.75, 3.05) is 0 Å². The van der Waals surface area contributed by atoms with Crippen molar-refractivity contribution in [1.29, 1.82) is 0 Å². The van der Waals surface area contributed by atoms with Crippen molar-refractivity contribution in [3.63, 3.8) is 0 Å². The van der Waals surface area contributed by atoms with Gasteiger partial charge >= 0.3 is 37.9 Å². The SMILES string of the molecule is CCc1cc2c(-c3cc(C)cc(C)c3)cc(C)cc2[cH-]1.C[Si]C.Cc1cc(C)cc(-c2cc(C)cc3[cH-]c(C)cc23)c1.[Cl][Zr+2][Cl]. The Morgan fingerprint density at radius 2 is 0.889 bits per heavy atom. The molecule has 0 amide bonds. The molecule has 2 radical (unpaired) electrons. The van der Waals surface area contributed by atoms with Crippen molar-refractivity contribution in [1.82, 2.24) is 0 Å². The summed E-state index contributed by atoms with van der Waals surface area (Å²) >= 11 is -0.826. The van der Waals surface area contributed by atoms with E-state index in [4.69, 9.17) is 17.0 Å². The fourth-order valence-electron chi connectivity index (χ4n) is 6.10. The van der Waals surface area contributed by atoms with Crippen molar-refractivity contribution >= 4 is 48.1 Å². The number of aryl methyl sites for hydroxylation is 8. The predicted octanol–water partition coefficient (Wildman–Crippen LogP) is 13.3. The van der Waals surface area contributed by atoms with Crippen molar-refractivity contribution in [3.05, 3.63) is 129 Å². The standard InChI is InChI=1S/C20H21.C19H19.C2H6Si.2ClH.Zr/c1-5-16-11-18-9-15(4)10-19(20(18)12-16)17-7-13(2)6-14(3)8-17;1-12-5-13(2)7-16(6-12)18-10-14(3)8-17-9-15(4)11-19(17)18;1-3-2;;;/h6-12H,5H2,1-4H3;5-11H,1-4H3;1-2H3;2*1H;/q2*-1;;;;+4/p-2. The van der Waals surface area contributed by atoms with Crippen LogP contribution in [0.2, 0.25) is 13.1 Å². The van der Waals surface area contributed by atoms with Crippen molar-refractivity contribution in [3.8, 4) is 22.3 Å². The molecule has 0 spiro atoms. The Bertz CT molecular complexity index is 1820. The number of halogens is 2. The van der Waals surface area contributed by atoms with E-state index >= 15 is 0 Å². The van der Waals surface area contributed by atoms with Gasteiger partial charge in [-0.15, -0.1) is 56.9 Å². The van der Waals surface area contributed by atoms with Crippen LogP contribution in [0.3, 0.4) is 0 Å². The Hall–Kier alpha value is -2.22. The van der Waals surface area contributed by atoms with Gasteiger partial charge in [-0.2, -0.15) is 12.1 Å². The number of fused-ring (bicyclic) bond motifs is 2. The third kappa shape index (κ3) is 10.4. The second-order valence-electron chi connectivity index (χ2n) is 12.2. The molecule has 0 aliphatic rings. The van der Waals surface area contributed by atoms with Gasteiger partial charge in [-0.05, 0) is 59.1 Å². The molecular weight excluding hydrogens is 683 g/mol. The van der Waals surface area contributed by atoms with E-state index in [1.807, 2.05) is 0 Å². The molecule has 45 heavy (non-hydrogen) atoms. The van der Waals surface area contributed by atoms with Gasteiger partial charge in [-0.3, -0.25) is 0 Å². The Morgan fingerprint density at radius 1 is 0.533 bits per heavy atom. The van der Waals surface area contributed by atoms with E-state index in [9.17, 15) is 0 Å². The zero-order chi connectivity index (χ0) is 33.3. The van der Waals surface area contributed by atoms with E-state index in [1.54, 1.807) is 0 Å². The molecule has 0 aliphatic heterocycles. The number of benzene rings is 4. The molecule has 0 saturated heterocycles. The van der Waals surface area contributed by atoms with Gasteiger partial charge in [-0.25, -0.2) is 0 Å². The van der Waals surface area contributed by atoms with Crippen LogP contribution in [-0.2, 0) is 27.3 Å². The average molecular weight is 729 g/mol. The maximum absolute atomic E-state index is 4.93. The molecule has 0 atom stereocenters. The zero-order valence-electron chi connectivity index (χ0n) is 28.5. The third-order valence-corrected chi connectivity index (χ3v) is 7.61. The van der Waals surface area contributed by atoms with Crippen molar-refractivity contribution in [2.24, 2.45) is 0 Å². The first-order valence-electron chi connectivity index (χ1n) is 15.5. The van der Waals surface area contributed by atoms with Crippen LogP contribution in [0.5, 0.6) is 0 Å². The Morgan fingerprint density at radius 3 is 1.29 bits per heavy atom. The van der Waals surface area contributed by atoms with E-state index in [-0.39, 0.29) is 0 Å². The average Bonchev–Trinajstić information content (AvgIpc) is 3.54. The first kappa shape index (κ1) is 37.2. The molecule has 0 saturated carbocycles. The van der Waals surface area contributed by atoms with Crippen LogP contribution >= 0.6 is 17.0 Å². The van der Waals surface area contributed by atoms with Gasteiger partial charge in [0, 0.05) is 9.52 Å². The molecule has 0 bridgehead atoms. The summed E-state index contributed by atoms with van der Waals surface area (Å²) in [4.78, 5) is 0. The molecule has 232 valence electrons. The fraction of sp³-hybridized carbons (Fsp3) is 0.268. The van der Waals surface area contributed by atoms with Crippen molar-refractivity contribution < 1.29 is 20.8 Å². The minimum atomic E-state index is -0.826. The van der Waals surface area contributed by atoms with Gasteiger partial charge in [0.15, 0.2) is 0 Å². The monoisotopic (exact) mass is 726 g/mol. The molecule has 0 aliphatic carbocycles. The second kappa shape index (κ2) is 17.6. The Balaban J connectivity index is 0.000000209. The van der Waals surface area contributed by atoms with Gasteiger partial charge in [-0.1, -0.05) is 120 Å². The van der Waals surface area contributed by atoms with Gasteiger partial charge in [0.05, 0.1) is 0 Å². The molecule has 0 heterocycles. The van der Waals surface area contributed by atoms with Crippen LogP contribution in [0, 0.1) is 48.5 Å². The van der Waals surface area contributed by atoms with E-state index in [1.165, 1.54) is 88.3 Å². The van der Waals surface area contributed by atoms with Crippen LogP contribution in [0.1, 0.15) is 51.4 Å². The number of hydrogen-bond donors (Lipinski definition) is 0. The van der Waals surface area contributed by atoms with Crippen LogP contribution in [-0.4, -0.2) is 9.52 Å². The topological polar surface area (TPSA) is 0 Å². The van der Waals surface area contributed by atoms with E-state index in [2.05, 4.69) is 153 Å². The normalized spacial score (nSPS) is 10.3. The minimum absolute atomic E-state index is 0.826. The Kier molecular flexibility index (Phi) is 14.6. The van der Waals surface area contributed by atoms with Crippen LogP contribution < -0.4 is 0 Å². The molecule has 0 fully saturated rings. The quantitative estimate of drug-likeness (QED) is 0.126. The Labute approximate surface area is 293 Å². The number of hydrogen-bond acceptors (Lipinski definition) is 0. The zero-order valence-corrected chi connectivity index (χ0v) is 33.5. The van der Waals surface area contributed by atoms with Crippen LogP contribution in [0.4, 0.5) is 0 Å². The molecule has 6 aromatic rings. The van der Waals surface area contributed by atoms with E-state index < -0.39 is 20.8 Å². The van der Waals surface area contributed by atoms with Gasteiger partial charge in [0.1, 0.15) is 0 Å². The van der Waals surface area contributed by atoms with Gasteiger partial charge < -0.3 is 0 Å². The first-order chi connectivity index (χ1) is 21.4. The van der Waals surface area contributed by atoms with Crippen LogP contribution in [0.25, 0.3) is 43.8 Å².